The molecule has 0 spiro atoms. The van der Waals surface area contributed by atoms with Crippen LogP contribution in [0.15, 0.2) is 23.3 Å². The maximum atomic E-state index is 6.02. The molecule has 0 bridgehead atoms. The van der Waals surface area contributed by atoms with E-state index in [0.717, 1.165) is 31.3 Å². The Balaban J connectivity index is 0.00000312. The molecule has 2 N–H and O–H groups in total. The molecule has 0 radical (unpaired) electrons. The average molecular weight is 460 g/mol. The van der Waals surface area contributed by atoms with Crippen molar-refractivity contribution in [2.75, 3.05) is 19.7 Å². The highest BCUT2D eigenvalue weighted by molar-refractivity contribution is 14.0. The Hall–Kier alpha value is -0.890. The second kappa shape index (κ2) is 13.3. The van der Waals surface area contributed by atoms with Crippen LogP contribution < -0.4 is 10.6 Å². The van der Waals surface area contributed by atoms with Crippen LogP contribution in [0.1, 0.15) is 56.7 Å². The first-order valence-electron chi connectivity index (χ1n) is 9.34. The number of hydrogen-bond acceptors (Lipinski definition) is 3. The third kappa shape index (κ3) is 8.85. The molecule has 0 unspecified atom stereocenters. The van der Waals surface area contributed by atoms with Crippen molar-refractivity contribution in [1.82, 2.24) is 15.6 Å². The second-order valence-corrected chi connectivity index (χ2v) is 6.37. The zero-order chi connectivity index (χ0) is 17.0. The molecule has 2 rings (SSSR count). The van der Waals surface area contributed by atoms with Crippen molar-refractivity contribution < 1.29 is 4.74 Å². The maximum absolute atomic E-state index is 6.02. The van der Waals surface area contributed by atoms with E-state index >= 15 is 0 Å². The van der Waals surface area contributed by atoms with Gasteiger partial charge in [0, 0.05) is 19.3 Å². The lowest BCUT2D eigenvalue weighted by Crippen LogP contribution is -2.39. The van der Waals surface area contributed by atoms with Gasteiger partial charge in [-0.05, 0) is 38.3 Å². The summed E-state index contributed by atoms with van der Waals surface area (Å²) in [5.74, 6) is 0.826. The number of aryl methyl sites for hydroxylation is 1. The van der Waals surface area contributed by atoms with Crippen LogP contribution in [0.2, 0.25) is 0 Å². The Labute approximate surface area is 169 Å². The number of nitrogens with one attached hydrogen (secondary N) is 2. The third-order valence-corrected chi connectivity index (χ3v) is 4.40. The summed E-state index contributed by atoms with van der Waals surface area (Å²) in [5, 5.41) is 6.63. The molecule has 1 aliphatic carbocycles. The van der Waals surface area contributed by atoms with Crippen molar-refractivity contribution in [1.29, 1.82) is 0 Å². The lowest BCUT2D eigenvalue weighted by Gasteiger charge is -2.16. The number of halogens is 1. The van der Waals surface area contributed by atoms with Gasteiger partial charge < -0.3 is 15.4 Å². The molecular weight excluding hydrogens is 427 g/mol. The van der Waals surface area contributed by atoms with E-state index in [2.05, 4.69) is 40.5 Å². The largest absolute Gasteiger partial charge is 0.376 e. The SMILES string of the molecule is CCNC(=NCc1ncccc1C)NCCOC1CCCCCC1.I. The predicted octanol–water partition coefficient (Wildman–Crippen LogP) is 3.80. The van der Waals surface area contributed by atoms with Crippen LogP contribution in [0.4, 0.5) is 0 Å². The molecule has 0 saturated heterocycles. The van der Waals surface area contributed by atoms with Gasteiger partial charge in [-0.15, -0.1) is 24.0 Å². The van der Waals surface area contributed by atoms with E-state index in [4.69, 9.17) is 4.74 Å². The number of guanidine groups is 1. The minimum absolute atomic E-state index is 0. The van der Waals surface area contributed by atoms with Gasteiger partial charge >= 0.3 is 0 Å². The molecule has 1 aromatic rings. The Morgan fingerprint density at radius 3 is 2.68 bits per heavy atom. The molecule has 25 heavy (non-hydrogen) atoms. The van der Waals surface area contributed by atoms with Gasteiger partial charge in [0.1, 0.15) is 0 Å². The average Bonchev–Trinajstić information content (AvgIpc) is 2.86. The van der Waals surface area contributed by atoms with Gasteiger partial charge in [-0.2, -0.15) is 0 Å². The van der Waals surface area contributed by atoms with Gasteiger partial charge in [-0.1, -0.05) is 31.7 Å². The topological polar surface area (TPSA) is 58.5 Å². The number of rotatable bonds is 7. The van der Waals surface area contributed by atoms with Crippen molar-refractivity contribution in [3.63, 3.8) is 0 Å². The highest BCUT2D eigenvalue weighted by Gasteiger charge is 2.12. The number of aliphatic imine (C=N–C) groups is 1. The molecule has 1 saturated carbocycles. The number of hydrogen-bond donors (Lipinski definition) is 2. The minimum Gasteiger partial charge on any atom is -0.376 e. The summed E-state index contributed by atoms with van der Waals surface area (Å²) in [6.07, 6.45) is 10.0. The Morgan fingerprint density at radius 1 is 1.24 bits per heavy atom. The molecule has 142 valence electrons. The fraction of sp³-hybridized carbons (Fsp3) is 0.684. The molecule has 1 fully saturated rings. The van der Waals surface area contributed by atoms with Gasteiger partial charge in [-0.3, -0.25) is 4.98 Å². The number of nitrogens with zero attached hydrogens (tertiary/aromatic N) is 2. The molecular formula is C19H33IN4O. The summed E-state index contributed by atoms with van der Waals surface area (Å²) in [7, 11) is 0. The van der Waals surface area contributed by atoms with Crippen molar-refractivity contribution in [3.05, 3.63) is 29.6 Å². The van der Waals surface area contributed by atoms with Crippen LogP contribution >= 0.6 is 24.0 Å². The van der Waals surface area contributed by atoms with Gasteiger partial charge in [0.05, 0.1) is 24.9 Å². The molecule has 5 nitrogen and oxygen atoms in total. The van der Waals surface area contributed by atoms with Crippen LogP contribution in [0.3, 0.4) is 0 Å². The normalized spacial score (nSPS) is 16.0. The number of pyridine rings is 1. The van der Waals surface area contributed by atoms with Crippen molar-refractivity contribution in [2.45, 2.75) is 65.0 Å². The lowest BCUT2D eigenvalue weighted by atomic mass is 10.1. The zero-order valence-corrected chi connectivity index (χ0v) is 17.9. The fourth-order valence-corrected chi connectivity index (χ4v) is 2.98. The monoisotopic (exact) mass is 460 g/mol. The van der Waals surface area contributed by atoms with Crippen LogP contribution in [-0.2, 0) is 11.3 Å². The van der Waals surface area contributed by atoms with Gasteiger partial charge in [0.15, 0.2) is 5.96 Å². The van der Waals surface area contributed by atoms with Crippen molar-refractivity contribution in [2.24, 2.45) is 4.99 Å². The molecule has 1 heterocycles. The van der Waals surface area contributed by atoms with Gasteiger partial charge in [0.25, 0.3) is 0 Å². The molecule has 1 aliphatic rings. The van der Waals surface area contributed by atoms with Crippen molar-refractivity contribution in [3.8, 4) is 0 Å². The second-order valence-electron chi connectivity index (χ2n) is 6.37. The summed E-state index contributed by atoms with van der Waals surface area (Å²) < 4.78 is 6.02. The summed E-state index contributed by atoms with van der Waals surface area (Å²) in [6.45, 7) is 7.09. The van der Waals surface area contributed by atoms with Crippen LogP contribution in [0.5, 0.6) is 0 Å². The molecule has 0 aliphatic heterocycles. The highest BCUT2D eigenvalue weighted by Crippen LogP contribution is 2.19. The summed E-state index contributed by atoms with van der Waals surface area (Å²) >= 11 is 0. The van der Waals surface area contributed by atoms with E-state index in [1.165, 1.54) is 44.1 Å². The van der Waals surface area contributed by atoms with Crippen LogP contribution in [0, 0.1) is 6.92 Å². The van der Waals surface area contributed by atoms with E-state index in [1.54, 1.807) is 0 Å². The molecule has 1 aromatic heterocycles. The molecule has 6 heteroatoms. The lowest BCUT2D eigenvalue weighted by molar-refractivity contribution is 0.0468. The first kappa shape index (κ1) is 22.2. The highest BCUT2D eigenvalue weighted by atomic mass is 127. The predicted molar refractivity (Wildman–Crippen MR) is 115 cm³/mol. The minimum atomic E-state index is 0. The van der Waals surface area contributed by atoms with Crippen LogP contribution in [-0.4, -0.2) is 36.7 Å². The Bertz CT molecular complexity index is 502. The Morgan fingerprint density at radius 2 is 2.00 bits per heavy atom. The maximum Gasteiger partial charge on any atom is 0.191 e. The molecule has 0 amide bonds. The van der Waals surface area contributed by atoms with E-state index in [1.807, 2.05) is 12.3 Å². The number of ether oxygens (including phenoxy) is 1. The quantitative estimate of drug-likeness (QED) is 0.214. The van der Waals surface area contributed by atoms with E-state index < -0.39 is 0 Å². The van der Waals surface area contributed by atoms with E-state index in [-0.39, 0.29) is 24.0 Å². The van der Waals surface area contributed by atoms with Gasteiger partial charge in [-0.25, -0.2) is 4.99 Å². The summed E-state index contributed by atoms with van der Waals surface area (Å²) in [6, 6.07) is 4.02. The first-order chi connectivity index (χ1) is 11.8. The van der Waals surface area contributed by atoms with Crippen LogP contribution in [0.25, 0.3) is 0 Å². The smallest absolute Gasteiger partial charge is 0.191 e. The summed E-state index contributed by atoms with van der Waals surface area (Å²) in [5.41, 5.74) is 2.19. The Kier molecular flexibility index (Phi) is 11.8. The molecule has 0 atom stereocenters. The number of aromatic nitrogens is 1. The standard InChI is InChI=1S/C19H32N4O.HI/c1-3-20-19(23-15-18-16(2)9-8-12-21-18)22-13-14-24-17-10-6-4-5-7-11-17;/h8-9,12,17H,3-7,10-11,13-15H2,1-2H3,(H2,20,22,23);1H. The zero-order valence-electron chi connectivity index (χ0n) is 15.6. The summed E-state index contributed by atoms with van der Waals surface area (Å²) in [4.78, 5) is 9.01. The first-order valence-corrected chi connectivity index (χ1v) is 9.34. The van der Waals surface area contributed by atoms with Crippen molar-refractivity contribution >= 4 is 29.9 Å². The third-order valence-electron chi connectivity index (χ3n) is 4.40. The fourth-order valence-electron chi connectivity index (χ4n) is 2.98. The van der Waals surface area contributed by atoms with Gasteiger partial charge in [0.2, 0.25) is 0 Å². The van der Waals surface area contributed by atoms with E-state index in [9.17, 15) is 0 Å². The van der Waals surface area contributed by atoms with E-state index in [0.29, 0.717) is 12.6 Å². The molecule has 0 aromatic carbocycles.